The SMILES string of the molecule is O=C1OC2(CCN(C(=O)Nn3ccc(-c4ccccc4)n3)CC2)c2ccccc21. The third kappa shape index (κ3) is 3.04. The number of amides is 2. The minimum atomic E-state index is -0.614. The lowest BCUT2D eigenvalue weighted by molar-refractivity contribution is -0.0364. The van der Waals surface area contributed by atoms with Crippen molar-refractivity contribution >= 4 is 12.0 Å². The number of nitrogens with zero attached hydrogens (tertiary/aromatic N) is 3. The number of urea groups is 1. The summed E-state index contributed by atoms with van der Waals surface area (Å²) < 4.78 is 5.74. The van der Waals surface area contributed by atoms with Crippen molar-refractivity contribution < 1.29 is 14.3 Å². The van der Waals surface area contributed by atoms with Gasteiger partial charge in [-0.15, -0.1) is 0 Å². The highest BCUT2D eigenvalue weighted by atomic mass is 16.6. The highest BCUT2D eigenvalue weighted by Gasteiger charge is 2.47. The maximum atomic E-state index is 12.7. The van der Waals surface area contributed by atoms with Crippen LogP contribution in [0.5, 0.6) is 0 Å². The quantitative estimate of drug-likeness (QED) is 0.683. The summed E-state index contributed by atoms with van der Waals surface area (Å²) in [5, 5.41) is 4.41. The number of likely N-dealkylation sites (tertiary alicyclic amines) is 1. The molecule has 146 valence electrons. The second-order valence-corrected chi connectivity index (χ2v) is 7.34. The average Bonchev–Trinajstić information content (AvgIpc) is 3.33. The van der Waals surface area contributed by atoms with Crippen molar-refractivity contribution in [3.05, 3.63) is 78.0 Å². The van der Waals surface area contributed by atoms with Gasteiger partial charge in [0.05, 0.1) is 11.3 Å². The van der Waals surface area contributed by atoms with Crippen molar-refractivity contribution in [2.45, 2.75) is 18.4 Å². The monoisotopic (exact) mass is 388 g/mol. The lowest BCUT2D eigenvalue weighted by Gasteiger charge is -2.38. The molecule has 2 aromatic carbocycles. The van der Waals surface area contributed by atoms with Crippen molar-refractivity contribution in [2.24, 2.45) is 0 Å². The van der Waals surface area contributed by atoms with E-state index in [4.69, 9.17) is 4.74 Å². The number of carbonyl (C=O) groups is 2. The molecule has 7 nitrogen and oxygen atoms in total. The summed E-state index contributed by atoms with van der Waals surface area (Å²) in [4.78, 5) is 28.0. The van der Waals surface area contributed by atoms with Crippen LogP contribution in [-0.2, 0) is 10.3 Å². The summed E-state index contributed by atoms with van der Waals surface area (Å²) in [6.45, 7) is 1.00. The van der Waals surface area contributed by atoms with E-state index in [1.54, 1.807) is 17.2 Å². The van der Waals surface area contributed by atoms with Gasteiger partial charge in [-0.3, -0.25) is 0 Å². The van der Waals surface area contributed by atoms with Crippen LogP contribution >= 0.6 is 0 Å². The van der Waals surface area contributed by atoms with Crippen LogP contribution < -0.4 is 5.43 Å². The topological polar surface area (TPSA) is 76.5 Å². The van der Waals surface area contributed by atoms with E-state index in [0.717, 1.165) is 16.8 Å². The number of piperidine rings is 1. The van der Waals surface area contributed by atoms with Gasteiger partial charge in [0.1, 0.15) is 5.60 Å². The fourth-order valence-corrected chi connectivity index (χ4v) is 4.11. The van der Waals surface area contributed by atoms with E-state index in [2.05, 4.69) is 10.5 Å². The normalized spacial score (nSPS) is 17.1. The Labute approximate surface area is 167 Å². The Morgan fingerprint density at radius 2 is 1.72 bits per heavy atom. The molecule has 0 aliphatic carbocycles. The Bertz CT molecular complexity index is 1070. The number of carbonyl (C=O) groups excluding carboxylic acids is 2. The first kappa shape index (κ1) is 17.5. The van der Waals surface area contributed by atoms with Crippen LogP contribution in [0.15, 0.2) is 66.9 Å². The minimum Gasteiger partial charge on any atom is -0.450 e. The summed E-state index contributed by atoms with van der Waals surface area (Å²) in [5.74, 6) is -0.275. The van der Waals surface area contributed by atoms with E-state index < -0.39 is 5.60 Å². The van der Waals surface area contributed by atoms with Crippen molar-refractivity contribution in [1.82, 2.24) is 14.8 Å². The number of nitrogens with one attached hydrogen (secondary N) is 1. The number of esters is 1. The zero-order valence-electron chi connectivity index (χ0n) is 15.7. The molecule has 3 heterocycles. The Morgan fingerprint density at radius 1 is 1.00 bits per heavy atom. The number of hydrogen-bond acceptors (Lipinski definition) is 4. The number of fused-ring (bicyclic) bond motifs is 2. The molecule has 1 saturated heterocycles. The molecular formula is C22H20N4O3. The van der Waals surface area contributed by atoms with Gasteiger partial charge < -0.3 is 9.64 Å². The first-order chi connectivity index (χ1) is 14.1. The third-order valence-corrected chi connectivity index (χ3v) is 5.65. The lowest BCUT2D eigenvalue weighted by atomic mass is 9.84. The Morgan fingerprint density at radius 3 is 2.52 bits per heavy atom. The molecule has 3 aromatic rings. The van der Waals surface area contributed by atoms with Gasteiger partial charge in [0.25, 0.3) is 0 Å². The van der Waals surface area contributed by atoms with Crippen molar-refractivity contribution in [3.8, 4) is 11.3 Å². The molecule has 0 radical (unpaired) electrons. The summed E-state index contributed by atoms with van der Waals surface area (Å²) in [7, 11) is 0. The Hall–Kier alpha value is -3.61. The van der Waals surface area contributed by atoms with E-state index in [9.17, 15) is 9.59 Å². The molecule has 2 amide bonds. The molecular weight excluding hydrogens is 368 g/mol. The maximum absolute atomic E-state index is 12.7. The summed E-state index contributed by atoms with van der Waals surface area (Å²) >= 11 is 0. The second-order valence-electron chi connectivity index (χ2n) is 7.34. The molecule has 0 unspecified atom stereocenters. The van der Waals surface area contributed by atoms with Crippen LogP contribution in [0.4, 0.5) is 4.79 Å². The summed E-state index contributed by atoms with van der Waals surface area (Å²) in [5.41, 5.74) is 5.53. The van der Waals surface area contributed by atoms with Crippen molar-refractivity contribution in [2.75, 3.05) is 18.5 Å². The van der Waals surface area contributed by atoms with Crippen LogP contribution in [0.2, 0.25) is 0 Å². The molecule has 0 atom stereocenters. The summed E-state index contributed by atoms with van der Waals surface area (Å²) in [6.07, 6.45) is 2.88. The number of aromatic nitrogens is 2. The fourth-order valence-electron chi connectivity index (χ4n) is 4.11. The van der Waals surface area contributed by atoms with Gasteiger partial charge in [0.15, 0.2) is 0 Å². The largest absolute Gasteiger partial charge is 0.450 e. The molecule has 1 N–H and O–H groups in total. The molecule has 7 heteroatoms. The molecule has 1 fully saturated rings. The van der Waals surface area contributed by atoms with Crippen LogP contribution in [0.3, 0.4) is 0 Å². The molecule has 5 rings (SSSR count). The maximum Gasteiger partial charge on any atom is 0.339 e. The molecule has 2 aliphatic heterocycles. The van der Waals surface area contributed by atoms with Crippen LogP contribution in [0, 0.1) is 0 Å². The zero-order valence-corrected chi connectivity index (χ0v) is 15.7. The number of rotatable bonds is 2. The predicted molar refractivity (Wildman–Crippen MR) is 107 cm³/mol. The minimum absolute atomic E-state index is 0.222. The molecule has 29 heavy (non-hydrogen) atoms. The number of hydrogen-bond donors (Lipinski definition) is 1. The molecule has 1 aromatic heterocycles. The highest BCUT2D eigenvalue weighted by Crippen LogP contribution is 2.43. The van der Waals surface area contributed by atoms with Gasteiger partial charge in [-0.1, -0.05) is 48.5 Å². The first-order valence-corrected chi connectivity index (χ1v) is 9.65. The van der Waals surface area contributed by atoms with Gasteiger partial charge in [-0.25, -0.2) is 15.0 Å². The number of ether oxygens (including phenoxy) is 1. The summed E-state index contributed by atoms with van der Waals surface area (Å²) in [6, 6.07) is 18.9. The highest BCUT2D eigenvalue weighted by molar-refractivity contribution is 5.94. The Kier molecular flexibility index (Phi) is 4.08. The standard InChI is InChI=1S/C22H20N4O3/c27-20-17-8-4-5-9-18(17)22(29-20)11-14-25(15-12-22)21(28)24-26-13-10-19(23-26)16-6-2-1-3-7-16/h1-10,13H,11-12,14-15H2,(H,24,28). The Balaban J connectivity index is 1.25. The fraction of sp³-hybridized carbons (Fsp3) is 0.227. The predicted octanol–water partition coefficient (Wildman–Crippen LogP) is 3.38. The van der Waals surface area contributed by atoms with Crippen LogP contribution in [-0.4, -0.2) is 39.9 Å². The lowest BCUT2D eigenvalue weighted by Crippen LogP contribution is -2.48. The second kappa shape index (κ2) is 6.77. The van der Waals surface area contributed by atoms with Gasteiger partial charge in [-0.2, -0.15) is 9.89 Å². The number of benzene rings is 2. The average molecular weight is 388 g/mol. The smallest absolute Gasteiger partial charge is 0.339 e. The third-order valence-electron chi connectivity index (χ3n) is 5.65. The van der Waals surface area contributed by atoms with Gasteiger partial charge in [-0.05, 0) is 12.1 Å². The molecule has 0 saturated carbocycles. The van der Waals surface area contributed by atoms with E-state index in [-0.39, 0.29) is 12.0 Å². The van der Waals surface area contributed by atoms with Gasteiger partial charge in [0, 0.05) is 43.3 Å². The van der Waals surface area contributed by atoms with Gasteiger partial charge >= 0.3 is 12.0 Å². The van der Waals surface area contributed by atoms with E-state index in [0.29, 0.717) is 31.5 Å². The van der Waals surface area contributed by atoms with E-state index >= 15 is 0 Å². The van der Waals surface area contributed by atoms with Crippen LogP contribution in [0.1, 0.15) is 28.8 Å². The molecule has 0 bridgehead atoms. The van der Waals surface area contributed by atoms with E-state index in [1.807, 2.05) is 54.6 Å². The first-order valence-electron chi connectivity index (χ1n) is 9.65. The molecule has 1 spiro atoms. The van der Waals surface area contributed by atoms with Crippen LogP contribution in [0.25, 0.3) is 11.3 Å². The van der Waals surface area contributed by atoms with Gasteiger partial charge in [0.2, 0.25) is 0 Å². The zero-order chi connectivity index (χ0) is 19.8. The molecule has 2 aliphatic rings. The van der Waals surface area contributed by atoms with E-state index in [1.165, 1.54) is 4.79 Å². The van der Waals surface area contributed by atoms with Crippen molar-refractivity contribution in [1.29, 1.82) is 0 Å². The van der Waals surface area contributed by atoms with Crippen molar-refractivity contribution in [3.63, 3.8) is 0 Å².